The second kappa shape index (κ2) is 6.70. The molecule has 116 valence electrons. The smallest absolute Gasteiger partial charge is 0.347 e. The van der Waals surface area contributed by atoms with Crippen molar-refractivity contribution in [2.24, 2.45) is 0 Å². The van der Waals surface area contributed by atoms with Crippen molar-refractivity contribution >= 4 is 28.9 Å². The van der Waals surface area contributed by atoms with Crippen molar-refractivity contribution in [3.8, 4) is 0 Å². The van der Waals surface area contributed by atoms with Gasteiger partial charge in [-0.25, -0.2) is 9.78 Å². The highest BCUT2D eigenvalue weighted by Crippen LogP contribution is 2.26. The number of nitrogens with zero attached hydrogens (tertiary/aromatic N) is 1. The number of carbonyl (C=O) groups excluding carboxylic acids is 1. The van der Waals surface area contributed by atoms with Crippen molar-refractivity contribution in [1.82, 2.24) is 4.98 Å². The molecule has 0 aliphatic rings. The molecule has 1 amide bonds. The molecule has 1 aromatic heterocycles. The summed E-state index contributed by atoms with van der Waals surface area (Å²) < 4.78 is 0. The molecule has 0 saturated heterocycles. The average molecular weight is 318 g/mol. The van der Waals surface area contributed by atoms with Crippen molar-refractivity contribution in [3.63, 3.8) is 0 Å². The predicted molar refractivity (Wildman–Crippen MR) is 86.7 cm³/mol. The summed E-state index contributed by atoms with van der Waals surface area (Å²) in [6.07, 6.45) is 0.945. The molecule has 22 heavy (non-hydrogen) atoms. The summed E-state index contributed by atoms with van der Waals surface area (Å²) in [5.74, 6) is -1.71. The normalized spacial score (nSPS) is 12.0. The van der Waals surface area contributed by atoms with E-state index < -0.39 is 11.9 Å². The van der Waals surface area contributed by atoms with Crippen LogP contribution in [0, 0.1) is 6.92 Å². The monoisotopic (exact) mass is 318 g/mol. The number of benzene rings is 1. The number of anilines is 1. The fourth-order valence-electron chi connectivity index (χ4n) is 1.99. The van der Waals surface area contributed by atoms with E-state index in [-0.39, 0.29) is 10.8 Å². The topological polar surface area (TPSA) is 79.3 Å². The molecule has 2 aromatic rings. The van der Waals surface area contributed by atoms with Crippen molar-refractivity contribution in [2.75, 3.05) is 5.32 Å². The Labute approximate surface area is 133 Å². The number of amides is 1. The largest absolute Gasteiger partial charge is 0.477 e. The summed E-state index contributed by atoms with van der Waals surface area (Å²) in [7, 11) is 0. The van der Waals surface area contributed by atoms with Gasteiger partial charge in [-0.2, -0.15) is 0 Å². The van der Waals surface area contributed by atoms with Gasteiger partial charge in [0.05, 0.1) is 11.6 Å². The summed E-state index contributed by atoms with van der Waals surface area (Å²) in [5, 5.41) is 12.4. The molecule has 0 aliphatic carbocycles. The van der Waals surface area contributed by atoms with Gasteiger partial charge < -0.3 is 10.4 Å². The van der Waals surface area contributed by atoms with Gasteiger partial charge in [0.15, 0.2) is 0 Å². The van der Waals surface area contributed by atoms with Crippen LogP contribution in [-0.4, -0.2) is 22.0 Å². The molecular formula is C16H18N2O3S. The SMILES string of the molecule is CCc1ccc(NC(=O)C(C)c2nc(C)c(C(=O)O)s2)cc1. The van der Waals surface area contributed by atoms with Crippen LogP contribution in [0.5, 0.6) is 0 Å². The van der Waals surface area contributed by atoms with Crippen LogP contribution in [0.3, 0.4) is 0 Å². The minimum absolute atomic E-state index is 0.182. The lowest BCUT2D eigenvalue weighted by Crippen LogP contribution is -2.18. The first-order valence-electron chi connectivity index (χ1n) is 7.02. The summed E-state index contributed by atoms with van der Waals surface area (Å²) >= 11 is 1.05. The Bertz CT molecular complexity index is 692. The molecule has 1 unspecified atom stereocenters. The van der Waals surface area contributed by atoms with Crippen LogP contribution >= 0.6 is 11.3 Å². The lowest BCUT2D eigenvalue weighted by Gasteiger charge is -2.10. The Morgan fingerprint density at radius 3 is 2.45 bits per heavy atom. The molecule has 6 heteroatoms. The van der Waals surface area contributed by atoms with Gasteiger partial charge in [-0.3, -0.25) is 4.79 Å². The molecule has 0 fully saturated rings. The van der Waals surface area contributed by atoms with E-state index in [0.29, 0.717) is 10.7 Å². The molecule has 0 radical (unpaired) electrons. The van der Waals surface area contributed by atoms with Gasteiger partial charge in [-0.1, -0.05) is 19.1 Å². The molecule has 2 rings (SSSR count). The van der Waals surface area contributed by atoms with Gasteiger partial charge in [-0.05, 0) is 38.0 Å². The highest BCUT2D eigenvalue weighted by Gasteiger charge is 2.22. The van der Waals surface area contributed by atoms with E-state index in [0.717, 1.165) is 23.4 Å². The molecule has 1 atom stereocenters. The molecule has 0 aliphatic heterocycles. The van der Waals surface area contributed by atoms with Crippen molar-refractivity contribution in [1.29, 1.82) is 0 Å². The van der Waals surface area contributed by atoms with Gasteiger partial charge >= 0.3 is 5.97 Å². The second-order valence-corrected chi connectivity index (χ2v) is 6.06. The molecule has 0 bridgehead atoms. The van der Waals surface area contributed by atoms with E-state index in [9.17, 15) is 9.59 Å². The Balaban J connectivity index is 2.11. The molecule has 1 heterocycles. The zero-order chi connectivity index (χ0) is 16.3. The molecule has 0 saturated carbocycles. The third kappa shape index (κ3) is 3.51. The fourth-order valence-corrected chi connectivity index (χ4v) is 2.94. The Morgan fingerprint density at radius 2 is 1.95 bits per heavy atom. The fraction of sp³-hybridized carbons (Fsp3) is 0.312. The third-order valence-corrected chi connectivity index (χ3v) is 4.73. The summed E-state index contributed by atoms with van der Waals surface area (Å²) in [6.45, 7) is 5.43. The number of aromatic carboxylic acids is 1. The maximum atomic E-state index is 12.3. The number of hydrogen-bond donors (Lipinski definition) is 2. The van der Waals surface area contributed by atoms with Gasteiger partial charge in [0.25, 0.3) is 0 Å². The molecule has 1 aromatic carbocycles. The van der Waals surface area contributed by atoms with Crippen LogP contribution < -0.4 is 5.32 Å². The van der Waals surface area contributed by atoms with Crippen molar-refractivity contribution < 1.29 is 14.7 Å². The van der Waals surface area contributed by atoms with Gasteiger partial charge in [0, 0.05) is 5.69 Å². The third-order valence-electron chi connectivity index (χ3n) is 3.40. The van der Waals surface area contributed by atoms with Gasteiger partial charge in [-0.15, -0.1) is 11.3 Å². The number of carbonyl (C=O) groups is 2. The molecule has 0 spiro atoms. The van der Waals surface area contributed by atoms with Crippen LogP contribution in [0.15, 0.2) is 24.3 Å². The van der Waals surface area contributed by atoms with Gasteiger partial charge in [0.2, 0.25) is 5.91 Å². The minimum atomic E-state index is -1.01. The first-order chi connectivity index (χ1) is 10.4. The summed E-state index contributed by atoms with van der Waals surface area (Å²) in [6, 6.07) is 7.66. The zero-order valence-electron chi connectivity index (χ0n) is 12.7. The summed E-state index contributed by atoms with van der Waals surface area (Å²) in [4.78, 5) is 27.7. The van der Waals surface area contributed by atoms with E-state index in [4.69, 9.17) is 5.11 Å². The van der Waals surface area contributed by atoms with Crippen LogP contribution in [0.25, 0.3) is 0 Å². The number of nitrogens with one attached hydrogen (secondary N) is 1. The number of carboxylic acid groups (broad SMARTS) is 1. The predicted octanol–water partition coefficient (Wildman–Crippen LogP) is 3.45. The second-order valence-electron chi connectivity index (χ2n) is 5.03. The summed E-state index contributed by atoms with van der Waals surface area (Å²) in [5.41, 5.74) is 2.37. The lowest BCUT2D eigenvalue weighted by molar-refractivity contribution is -0.117. The maximum absolute atomic E-state index is 12.3. The molecular weight excluding hydrogens is 300 g/mol. The highest BCUT2D eigenvalue weighted by molar-refractivity contribution is 7.13. The standard InChI is InChI=1S/C16H18N2O3S/c1-4-11-5-7-12(8-6-11)18-14(19)9(2)15-17-10(3)13(22-15)16(20)21/h5-9H,4H2,1-3H3,(H,18,19)(H,20,21). The zero-order valence-corrected chi connectivity index (χ0v) is 13.5. The quantitative estimate of drug-likeness (QED) is 0.885. The van der Waals surface area contributed by atoms with E-state index in [1.807, 2.05) is 24.3 Å². The Kier molecular flexibility index (Phi) is 4.92. The van der Waals surface area contributed by atoms with Crippen LogP contribution in [-0.2, 0) is 11.2 Å². The number of thiazole rings is 1. The van der Waals surface area contributed by atoms with Crippen LogP contribution in [0.2, 0.25) is 0 Å². The first-order valence-corrected chi connectivity index (χ1v) is 7.84. The van der Waals surface area contributed by atoms with E-state index >= 15 is 0 Å². The van der Waals surface area contributed by atoms with E-state index in [1.165, 1.54) is 5.56 Å². The van der Waals surface area contributed by atoms with Crippen molar-refractivity contribution in [3.05, 3.63) is 45.4 Å². The maximum Gasteiger partial charge on any atom is 0.347 e. The van der Waals surface area contributed by atoms with Crippen molar-refractivity contribution in [2.45, 2.75) is 33.1 Å². The van der Waals surface area contributed by atoms with E-state index in [1.54, 1.807) is 13.8 Å². The highest BCUT2D eigenvalue weighted by atomic mass is 32.1. The molecule has 2 N–H and O–H groups in total. The number of aromatic nitrogens is 1. The van der Waals surface area contributed by atoms with Crippen LogP contribution in [0.4, 0.5) is 5.69 Å². The van der Waals surface area contributed by atoms with Gasteiger partial charge in [0.1, 0.15) is 9.88 Å². The number of hydrogen-bond acceptors (Lipinski definition) is 4. The lowest BCUT2D eigenvalue weighted by atomic mass is 10.1. The number of aryl methyl sites for hydroxylation is 2. The minimum Gasteiger partial charge on any atom is -0.477 e. The Hall–Kier alpha value is -2.21. The van der Waals surface area contributed by atoms with E-state index in [2.05, 4.69) is 17.2 Å². The molecule has 5 nitrogen and oxygen atoms in total. The average Bonchev–Trinajstić information content (AvgIpc) is 2.89. The van der Waals surface area contributed by atoms with Crippen LogP contribution in [0.1, 0.15) is 45.7 Å². The first kappa shape index (κ1) is 16.2. The Morgan fingerprint density at radius 1 is 1.32 bits per heavy atom. The number of rotatable bonds is 5. The number of carboxylic acids is 1.